The quantitative estimate of drug-likeness (QED) is 0.554. The number of ether oxygens (including phenoxy) is 3. The van der Waals surface area contributed by atoms with Crippen LogP contribution in [0.5, 0.6) is 11.5 Å². The van der Waals surface area contributed by atoms with E-state index in [4.69, 9.17) is 14.2 Å². The summed E-state index contributed by atoms with van der Waals surface area (Å²) in [6.45, 7) is 3.26. The van der Waals surface area contributed by atoms with Crippen molar-refractivity contribution in [1.82, 2.24) is 0 Å². The van der Waals surface area contributed by atoms with Crippen molar-refractivity contribution in [1.29, 1.82) is 0 Å². The van der Waals surface area contributed by atoms with Gasteiger partial charge in [0.1, 0.15) is 11.5 Å². The van der Waals surface area contributed by atoms with Crippen molar-refractivity contribution in [2.75, 3.05) is 19.0 Å². The fraction of sp³-hybridized carbons (Fsp3) is 0.208. The number of rotatable bonds is 9. The van der Waals surface area contributed by atoms with E-state index < -0.39 is 0 Å². The standard InChI is InChI=1S/C24H25NO4/c1-3-29-23-12-8-7-11-21(23)25-24(26)19-13-14-22(27-2)20(15-19)17-28-16-18-9-5-4-6-10-18/h4-15H,3,16-17H2,1-2H3,(H,25,26). The van der Waals surface area contributed by atoms with Crippen LogP contribution in [0.3, 0.4) is 0 Å². The topological polar surface area (TPSA) is 56.8 Å². The average molecular weight is 391 g/mol. The molecule has 0 aromatic heterocycles. The van der Waals surface area contributed by atoms with Gasteiger partial charge in [-0.3, -0.25) is 4.79 Å². The Balaban J connectivity index is 1.71. The highest BCUT2D eigenvalue weighted by Gasteiger charge is 2.13. The first-order valence-corrected chi connectivity index (χ1v) is 9.53. The highest BCUT2D eigenvalue weighted by Crippen LogP contribution is 2.26. The van der Waals surface area contributed by atoms with Gasteiger partial charge in [0.15, 0.2) is 0 Å². The summed E-state index contributed by atoms with van der Waals surface area (Å²) in [6, 6.07) is 22.6. The largest absolute Gasteiger partial charge is 0.496 e. The van der Waals surface area contributed by atoms with Crippen molar-refractivity contribution in [2.24, 2.45) is 0 Å². The molecule has 0 spiro atoms. The molecule has 0 radical (unpaired) electrons. The second-order valence-corrected chi connectivity index (χ2v) is 6.39. The molecule has 0 fully saturated rings. The third-order valence-corrected chi connectivity index (χ3v) is 4.35. The summed E-state index contributed by atoms with van der Waals surface area (Å²) in [6.07, 6.45) is 0. The van der Waals surface area contributed by atoms with Gasteiger partial charge in [-0.1, -0.05) is 42.5 Å². The van der Waals surface area contributed by atoms with Crippen LogP contribution in [-0.2, 0) is 18.0 Å². The van der Waals surface area contributed by atoms with Crippen LogP contribution >= 0.6 is 0 Å². The summed E-state index contributed by atoms with van der Waals surface area (Å²) in [7, 11) is 1.61. The molecule has 3 aromatic carbocycles. The number of anilines is 1. The molecule has 29 heavy (non-hydrogen) atoms. The van der Waals surface area contributed by atoms with E-state index in [-0.39, 0.29) is 5.91 Å². The van der Waals surface area contributed by atoms with Crippen LogP contribution < -0.4 is 14.8 Å². The highest BCUT2D eigenvalue weighted by atomic mass is 16.5. The summed E-state index contributed by atoms with van der Waals surface area (Å²) in [4.78, 5) is 12.8. The Morgan fingerprint density at radius 2 is 1.66 bits per heavy atom. The lowest BCUT2D eigenvalue weighted by Gasteiger charge is -2.13. The number of carbonyl (C=O) groups is 1. The van der Waals surface area contributed by atoms with Gasteiger partial charge in [0.05, 0.1) is 32.6 Å². The molecule has 0 saturated carbocycles. The monoisotopic (exact) mass is 391 g/mol. The predicted octanol–water partition coefficient (Wildman–Crippen LogP) is 5.06. The molecule has 3 rings (SSSR count). The Morgan fingerprint density at radius 3 is 2.41 bits per heavy atom. The molecule has 3 aromatic rings. The Hall–Kier alpha value is -3.31. The molecule has 0 bridgehead atoms. The van der Waals surface area contributed by atoms with Crippen molar-refractivity contribution in [3.05, 3.63) is 89.5 Å². The fourth-order valence-electron chi connectivity index (χ4n) is 2.93. The molecule has 0 aliphatic heterocycles. The number of methoxy groups -OCH3 is 1. The molecule has 5 heteroatoms. The number of hydrogen-bond donors (Lipinski definition) is 1. The van der Waals surface area contributed by atoms with E-state index >= 15 is 0 Å². The average Bonchev–Trinajstić information content (AvgIpc) is 2.76. The van der Waals surface area contributed by atoms with Gasteiger partial charge in [0.2, 0.25) is 0 Å². The van der Waals surface area contributed by atoms with Crippen LogP contribution in [0.4, 0.5) is 5.69 Å². The highest BCUT2D eigenvalue weighted by molar-refractivity contribution is 6.05. The number of hydrogen-bond acceptors (Lipinski definition) is 4. The Bertz CT molecular complexity index is 941. The van der Waals surface area contributed by atoms with Gasteiger partial charge in [-0.2, -0.15) is 0 Å². The molecular weight excluding hydrogens is 366 g/mol. The lowest BCUT2D eigenvalue weighted by atomic mass is 10.1. The van der Waals surface area contributed by atoms with Gasteiger partial charge < -0.3 is 19.5 Å². The number of amides is 1. The SMILES string of the molecule is CCOc1ccccc1NC(=O)c1ccc(OC)c(COCc2ccccc2)c1. The van der Waals surface area contributed by atoms with E-state index in [2.05, 4.69) is 5.32 Å². The molecule has 0 saturated heterocycles. The molecule has 1 amide bonds. The lowest BCUT2D eigenvalue weighted by molar-refractivity contribution is 0.101. The van der Waals surface area contributed by atoms with Gasteiger partial charge in [-0.15, -0.1) is 0 Å². The van der Waals surface area contributed by atoms with Crippen LogP contribution in [0.1, 0.15) is 28.4 Å². The van der Waals surface area contributed by atoms with Crippen LogP contribution in [-0.4, -0.2) is 19.6 Å². The van der Waals surface area contributed by atoms with Crippen molar-refractivity contribution in [3.63, 3.8) is 0 Å². The third-order valence-electron chi connectivity index (χ3n) is 4.35. The maximum atomic E-state index is 12.8. The van der Waals surface area contributed by atoms with Gasteiger partial charge in [-0.05, 0) is 42.8 Å². The van der Waals surface area contributed by atoms with Crippen LogP contribution in [0, 0.1) is 0 Å². The van der Waals surface area contributed by atoms with Gasteiger partial charge in [-0.25, -0.2) is 0 Å². The first kappa shape index (κ1) is 20.4. The van der Waals surface area contributed by atoms with E-state index in [1.54, 1.807) is 25.3 Å². The number of para-hydroxylation sites is 2. The van der Waals surface area contributed by atoms with Crippen LogP contribution in [0.2, 0.25) is 0 Å². The third kappa shape index (κ3) is 5.59. The molecule has 0 aliphatic rings. The molecule has 0 aliphatic carbocycles. The fourth-order valence-corrected chi connectivity index (χ4v) is 2.93. The summed E-state index contributed by atoms with van der Waals surface area (Å²) in [5.74, 6) is 1.11. The summed E-state index contributed by atoms with van der Waals surface area (Å²) in [5, 5.41) is 2.91. The molecule has 0 atom stereocenters. The van der Waals surface area contributed by atoms with Gasteiger partial charge in [0.25, 0.3) is 5.91 Å². The Labute approximate surface area is 171 Å². The van der Waals surface area contributed by atoms with Crippen LogP contribution in [0.25, 0.3) is 0 Å². The number of nitrogens with one attached hydrogen (secondary N) is 1. The Kier molecular flexibility index (Phi) is 7.25. The van der Waals surface area contributed by atoms with E-state index in [0.29, 0.717) is 42.6 Å². The summed E-state index contributed by atoms with van der Waals surface area (Å²) in [5.41, 5.74) is 3.06. The zero-order valence-electron chi connectivity index (χ0n) is 16.7. The van der Waals surface area contributed by atoms with E-state index in [1.165, 1.54) is 0 Å². The first-order valence-electron chi connectivity index (χ1n) is 9.53. The molecule has 1 N–H and O–H groups in total. The van der Waals surface area contributed by atoms with Crippen molar-refractivity contribution < 1.29 is 19.0 Å². The van der Waals surface area contributed by atoms with Crippen LogP contribution in [0.15, 0.2) is 72.8 Å². The predicted molar refractivity (Wildman–Crippen MR) is 113 cm³/mol. The molecule has 0 unspecified atom stereocenters. The number of benzene rings is 3. The van der Waals surface area contributed by atoms with Gasteiger partial charge >= 0.3 is 0 Å². The first-order chi connectivity index (χ1) is 14.2. The van der Waals surface area contributed by atoms with Crippen molar-refractivity contribution >= 4 is 11.6 Å². The molecular formula is C24H25NO4. The van der Waals surface area contributed by atoms with E-state index in [9.17, 15) is 4.79 Å². The normalized spacial score (nSPS) is 10.4. The molecule has 150 valence electrons. The van der Waals surface area contributed by atoms with Crippen molar-refractivity contribution in [2.45, 2.75) is 20.1 Å². The van der Waals surface area contributed by atoms with E-state index in [0.717, 1.165) is 11.1 Å². The molecule has 5 nitrogen and oxygen atoms in total. The number of carbonyl (C=O) groups excluding carboxylic acids is 1. The maximum Gasteiger partial charge on any atom is 0.255 e. The lowest BCUT2D eigenvalue weighted by Crippen LogP contribution is -2.13. The van der Waals surface area contributed by atoms with Gasteiger partial charge in [0, 0.05) is 11.1 Å². The van der Waals surface area contributed by atoms with Crippen molar-refractivity contribution in [3.8, 4) is 11.5 Å². The minimum Gasteiger partial charge on any atom is -0.496 e. The summed E-state index contributed by atoms with van der Waals surface area (Å²) >= 11 is 0. The maximum absolute atomic E-state index is 12.8. The van der Waals surface area contributed by atoms with E-state index in [1.807, 2.05) is 61.5 Å². The molecule has 0 heterocycles. The smallest absolute Gasteiger partial charge is 0.255 e. The zero-order chi connectivity index (χ0) is 20.5. The second kappa shape index (κ2) is 10.3. The second-order valence-electron chi connectivity index (χ2n) is 6.39. The zero-order valence-corrected chi connectivity index (χ0v) is 16.7. The minimum atomic E-state index is -0.218. The Morgan fingerprint density at radius 1 is 0.897 bits per heavy atom. The summed E-state index contributed by atoms with van der Waals surface area (Å²) < 4.78 is 16.8. The minimum absolute atomic E-state index is 0.218.